The van der Waals surface area contributed by atoms with Crippen LogP contribution in [0.15, 0.2) is 71.5 Å². The van der Waals surface area contributed by atoms with Crippen molar-refractivity contribution in [2.45, 2.75) is 19.9 Å². The highest BCUT2D eigenvalue weighted by atomic mass is 16.2. The predicted octanol–water partition coefficient (Wildman–Crippen LogP) is 2.16. The Morgan fingerprint density at radius 1 is 0.966 bits per heavy atom. The van der Waals surface area contributed by atoms with E-state index in [-0.39, 0.29) is 18.1 Å². The Morgan fingerprint density at radius 3 is 2.41 bits per heavy atom. The van der Waals surface area contributed by atoms with E-state index in [1.165, 1.54) is 12.1 Å². The first-order valence-electron chi connectivity index (χ1n) is 9.28. The molecule has 2 amide bonds. The van der Waals surface area contributed by atoms with Gasteiger partial charge in [0.25, 0.3) is 11.5 Å². The van der Waals surface area contributed by atoms with Gasteiger partial charge in [-0.2, -0.15) is 5.10 Å². The number of benzene rings is 2. The van der Waals surface area contributed by atoms with Gasteiger partial charge in [-0.3, -0.25) is 14.4 Å². The van der Waals surface area contributed by atoms with Crippen LogP contribution in [-0.2, 0) is 17.8 Å². The lowest BCUT2D eigenvalue weighted by Gasteiger charge is -2.09. The molecular weight excluding hydrogens is 368 g/mol. The summed E-state index contributed by atoms with van der Waals surface area (Å²) in [7, 11) is 0. The van der Waals surface area contributed by atoms with Crippen LogP contribution in [-0.4, -0.2) is 28.1 Å². The number of anilines is 1. The Labute approximate surface area is 168 Å². The van der Waals surface area contributed by atoms with Crippen molar-refractivity contribution in [2.75, 3.05) is 11.9 Å². The van der Waals surface area contributed by atoms with Gasteiger partial charge in [-0.25, -0.2) is 4.68 Å². The number of aryl methyl sites for hydroxylation is 1. The highest BCUT2D eigenvalue weighted by molar-refractivity contribution is 6.02. The number of nitrogens with one attached hydrogen (secondary N) is 2. The van der Waals surface area contributed by atoms with Crippen LogP contribution in [0.3, 0.4) is 0 Å². The SMILES string of the molecule is Cc1ccc(NC(=O)c2ccc(=O)n(CC(=O)NCCc3ccccc3)n2)cc1. The van der Waals surface area contributed by atoms with E-state index >= 15 is 0 Å². The first-order valence-corrected chi connectivity index (χ1v) is 9.28. The smallest absolute Gasteiger partial charge is 0.276 e. The van der Waals surface area contributed by atoms with E-state index in [1.54, 1.807) is 12.1 Å². The van der Waals surface area contributed by atoms with Crippen LogP contribution in [0.5, 0.6) is 0 Å². The molecule has 1 heterocycles. The molecular formula is C22H22N4O3. The van der Waals surface area contributed by atoms with Gasteiger partial charge in [0, 0.05) is 18.3 Å². The average molecular weight is 390 g/mol. The fourth-order valence-corrected chi connectivity index (χ4v) is 2.70. The van der Waals surface area contributed by atoms with E-state index in [9.17, 15) is 14.4 Å². The standard InChI is InChI=1S/C22H22N4O3/c1-16-7-9-18(10-8-16)24-22(29)19-11-12-21(28)26(25-19)15-20(27)23-14-13-17-5-3-2-4-6-17/h2-12H,13-15H2,1H3,(H,23,27)(H,24,29). The van der Waals surface area contributed by atoms with Crippen LogP contribution in [0.1, 0.15) is 21.6 Å². The molecule has 3 aromatic rings. The molecule has 0 spiro atoms. The van der Waals surface area contributed by atoms with Crippen LogP contribution in [0.2, 0.25) is 0 Å². The molecule has 2 N–H and O–H groups in total. The molecule has 0 bridgehead atoms. The van der Waals surface area contributed by atoms with Crippen LogP contribution >= 0.6 is 0 Å². The molecule has 0 unspecified atom stereocenters. The maximum atomic E-state index is 12.4. The number of carbonyl (C=O) groups excluding carboxylic acids is 2. The Bertz CT molecular complexity index is 1040. The Kier molecular flexibility index (Phi) is 6.52. The molecule has 7 nitrogen and oxygen atoms in total. The van der Waals surface area contributed by atoms with Crippen molar-refractivity contribution < 1.29 is 9.59 Å². The summed E-state index contributed by atoms with van der Waals surface area (Å²) in [5.41, 5.74) is 2.42. The van der Waals surface area contributed by atoms with E-state index in [1.807, 2.05) is 49.4 Å². The molecule has 0 aliphatic rings. The minimum atomic E-state index is -0.452. The summed E-state index contributed by atoms with van der Waals surface area (Å²) in [6.07, 6.45) is 0.688. The van der Waals surface area contributed by atoms with Crippen LogP contribution < -0.4 is 16.2 Å². The third-order valence-corrected chi connectivity index (χ3v) is 4.28. The molecule has 0 saturated heterocycles. The maximum absolute atomic E-state index is 12.4. The molecule has 0 atom stereocenters. The summed E-state index contributed by atoms with van der Waals surface area (Å²) in [5.74, 6) is -0.793. The largest absolute Gasteiger partial charge is 0.354 e. The third-order valence-electron chi connectivity index (χ3n) is 4.28. The van der Waals surface area contributed by atoms with Crippen molar-refractivity contribution in [3.05, 3.63) is 93.9 Å². The Balaban J connectivity index is 1.59. The van der Waals surface area contributed by atoms with Crippen molar-refractivity contribution in [2.24, 2.45) is 0 Å². The molecule has 29 heavy (non-hydrogen) atoms. The van der Waals surface area contributed by atoms with E-state index in [4.69, 9.17) is 0 Å². The minimum Gasteiger partial charge on any atom is -0.354 e. The summed E-state index contributed by atoms with van der Waals surface area (Å²) in [4.78, 5) is 36.5. The summed E-state index contributed by atoms with van der Waals surface area (Å²) in [6, 6.07) is 19.7. The van der Waals surface area contributed by atoms with Gasteiger partial charge < -0.3 is 10.6 Å². The summed E-state index contributed by atoms with van der Waals surface area (Å²) in [6.45, 7) is 2.15. The van der Waals surface area contributed by atoms with Gasteiger partial charge in [0.05, 0.1) is 0 Å². The quantitative estimate of drug-likeness (QED) is 0.647. The van der Waals surface area contributed by atoms with E-state index in [0.29, 0.717) is 18.7 Å². The lowest BCUT2D eigenvalue weighted by Crippen LogP contribution is -2.35. The maximum Gasteiger partial charge on any atom is 0.276 e. The van der Waals surface area contributed by atoms with Crippen molar-refractivity contribution in [1.82, 2.24) is 15.1 Å². The topological polar surface area (TPSA) is 93.1 Å². The molecule has 1 aromatic heterocycles. The number of hydrogen-bond acceptors (Lipinski definition) is 4. The summed E-state index contributed by atoms with van der Waals surface area (Å²) in [5, 5.41) is 9.51. The number of rotatable bonds is 7. The number of aromatic nitrogens is 2. The van der Waals surface area contributed by atoms with Gasteiger partial charge in [-0.05, 0) is 37.1 Å². The zero-order valence-corrected chi connectivity index (χ0v) is 16.1. The molecule has 0 saturated carbocycles. The minimum absolute atomic E-state index is 0.0576. The lowest BCUT2D eigenvalue weighted by atomic mass is 10.1. The molecule has 0 aliphatic carbocycles. The van der Waals surface area contributed by atoms with E-state index in [2.05, 4.69) is 15.7 Å². The normalized spacial score (nSPS) is 10.4. The van der Waals surface area contributed by atoms with Gasteiger partial charge in [0.1, 0.15) is 12.2 Å². The average Bonchev–Trinajstić information content (AvgIpc) is 2.72. The number of carbonyl (C=O) groups is 2. The second kappa shape index (κ2) is 9.45. The molecule has 3 rings (SSSR count). The van der Waals surface area contributed by atoms with Crippen molar-refractivity contribution in [3.8, 4) is 0 Å². The zero-order valence-electron chi connectivity index (χ0n) is 16.1. The summed E-state index contributed by atoms with van der Waals surface area (Å²) >= 11 is 0. The predicted molar refractivity (Wildman–Crippen MR) is 111 cm³/mol. The molecule has 0 fully saturated rings. The fraction of sp³-hybridized carbons (Fsp3) is 0.182. The number of nitrogens with zero attached hydrogens (tertiary/aromatic N) is 2. The molecule has 7 heteroatoms. The van der Waals surface area contributed by atoms with Gasteiger partial charge in [0.15, 0.2) is 0 Å². The highest BCUT2D eigenvalue weighted by Gasteiger charge is 2.12. The van der Waals surface area contributed by atoms with Gasteiger partial charge in [-0.1, -0.05) is 48.0 Å². The van der Waals surface area contributed by atoms with Crippen molar-refractivity contribution in [1.29, 1.82) is 0 Å². The van der Waals surface area contributed by atoms with Crippen molar-refractivity contribution in [3.63, 3.8) is 0 Å². The fourth-order valence-electron chi connectivity index (χ4n) is 2.70. The number of amides is 2. The second-order valence-corrected chi connectivity index (χ2v) is 6.62. The van der Waals surface area contributed by atoms with Gasteiger partial charge in [-0.15, -0.1) is 0 Å². The first-order chi connectivity index (χ1) is 14.0. The third kappa shape index (κ3) is 5.87. The lowest BCUT2D eigenvalue weighted by molar-refractivity contribution is -0.121. The zero-order chi connectivity index (χ0) is 20.6. The van der Waals surface area contributed by atoms with Crippen LogP contribution in [0.25, 0.3) is 0 Å². The molecule has 0 radical (unpaired) electrons. The Hall–Kier alpha value is -3.74. The van der Waals surface area contributed by atoms with Crippen molar-refractivity contribution >= 4 is 17.5 Å². The highest BCUT2D eigenvalue weighted by Crippen LogP contribution is 2.09. The molecule has 2 aromatic carbocycles. The van der Waals surface area contributed by atoms with E-state index < -0.39 is 11.5 Å². The van der Waals surface area contributed by atoms with Crippen LogP contribution in [0.4, 0.5) is 5.69 Å². The molecule has 148 valence electrons. The number of hydrogen-bond donors (Lipinski definition) is 2. The van der Waals surface area contributed by atoms with Gasteiger partial charge >= 0.3 is 0 Å². The monoisotopic (exact) mass is 390 g/mol. The first kappa shape index (κ1) is 20.0. The van der Waals surface area contributed by atoms with Gasteiger partial charge in [0.2, 0.25) is 5.91 Å². The second-order valence-electron chi connectivity index (χ2n) is 6.62. The Morgan fingerprint density at radius 2 is 1.69 bits per heavy atom. The van der Waals surface area contributed by atoms with E-state index in [0.717, 1.165) is 15.8 Å². The summed E-state index contributed by atoms with van der Waals surface area (Å²) < 4.78 is 0.988. The molecule has 0 aliphatic heterocycles. The van der Waals surface area contributed by atoms with Crippen LogP contribution in [0, 0.1) is 6.92 Å².